The van der Waals surface area contributed by atoms with Crippen LogP contribution in [-0.4, -0.2) is 41.6 Å². The van der Waals surface area contributed by atoms with Crippen molar-refractivity contribution in [3.63, 3.8) is 0 Å². The van der Waals surface area contributed by atoms with Crippen LogP contribution in [0, 0.1) is 17.1 Å². The zero-order valence-corrected chi connectivity index (χ0v) is 22.9. The zero-order chi connectivity index (χ0) is 28.0. The largest absolute Gasteiger partial charge is 0.480 e. The minimum absolute atomic E-state index is 0.0626. The molecule has 2 aromatic carbocycles. The summed E-state index contributed by atoms with van der Waals surface area (Å²) in [5, 5.41) is 9.26. The van der Waals surface area contributed by atoms with E-state index in [0.29, 0.717) is 34.2 Å². The Hall–Kier alpha value is -4.42. The van der Waals surface area contributed by atoms with E-state index in [2.05, 4.69) is 20.6 Å². The van der Waals surface area contributed by atoms with Gasteiger partial charge in [-0.05, 0) is 55.8 Å². The van der Waals surface area contributed by atoms with Crippen LogP contribution in [-0.2, 0) is 0 Å². The van der Waals surface area contributed by atoms with Gasteiger partial charge in [0.1, 0.15) is 11.9 Å². The Labute approximate surface area is 230 Å². The van der Waals surface area contributed by atoms with Crippen molar-refractivity contribution in [2.75, 3.05) is 31.0 Å². The van der Waals surface area contributed by atoms with Crippen LogP contribution in [0.3, 0.4) is 0 Å². The molecule has 4 aromatic rings. The van der Waals surface area contributed by atoms with Gasteiger partial charge in [-0.2, -0.15) is 10.2 Å². The van der Waals surface area contributed by atoms with E-state index in [1.54, 1.807) is 41.3 Å². The van der Waals surface area contributed by atoms with Crippen LogP contribution in [0.25, 0.3) is 11.3 Å². The number of nitriles is 1. The highest BCUT2D eigenvalue weighted by atomic mass is 35.5. The number of amides is 1. The number of halogens is 2. The Morgan fingerprint density at radius 2 is 1.85 bits per heavy atom. The van der Waals surface area contributed by atoms with E-state index in [-0.39, 0.29) is 17.0 Å². The van der Waals surface area contributed by atoms with E-state index in [1.165, 1.54) is 12.1 Å². The lowest BCUT2D eigenvalue weighted by atomic mass is 10.0. The first kappa shape index (κ1) is 26.2. The van der Waals surface area contributed by atoms with Gasteiger partial charge >= 0.3 is 0 Å². The first-order chi connectivity index (χ1) is 18.7. The lowest BCUT2D eigenvalue weighted by Gasteiger charge is -2.29. The van der Waals surface area contributed by atoms with Crippen molar-refractivity contribution in [1.82, 2.24) is 14.5 Å². The summed E-state index contributed by atoms with van der Waals surface area (Å²) in [6, 6.07) is 14.7. The number of methoxy groups -OCH3 is 1. The highest BCUT2D eigenvalue weighted by Gasteiger charge is 2.43. The molecule has 10 heteroatoms. The number of hydrogen-bond acceptors (Lipinski definition) is 6. The van der Waals surface area contributed by atoms with Gasteiger partial charge in [-0.25, -0.2) is 9.37 Å². The number of rotatable bonds is 6. The lowest BCUT2D eigenvalue weighted by molar-refractivity contribution is 0.0993. The number of carbonyl (C=O) groups is 1. The van der Waals surface area contributed by atoms with Gasteiger partial charge < -0.3 is 14.2 Å². The Kier molecular flexibility index (Phi) is 6.74. The molecule has 5 rings (SSSR count). The van der Waals surface area contributed by atoms with Crippen molar-refractivity contribution < 1.29 is 13.9 Å². The van der Waals surface area contributed by atoms with E-state index in [1.807, 2.05) is 46.1 Å². The highest BCUT2D eigenvalue weighted by molar-refractivity contribution is 6.31. The Morgan fingerprint density at radius 3 is 2.44 bits per heavy atom. The molecule has 1 amide bonds. The Bertz CT molecular complexity index is 1620. The van der Waals surface area contributed by atoms with Gasteiger partial charge in [0.15, 0.2) is 0 Å². The maximum absolute atomic E-state index is 14.1. The number of anilines is 2. The third-order valence-electron chi connectivity index (χ3n) is 6.71. The van der Waals surface area contributed by atoms with Crippen LogP contribution in [0.15, 0.2) is 54.7 Å². The summed E-state index contributed by atoms with van der Waals surface area (Å²) in [6.07, 6.45) is 1.70. The second-order valence-electron chi connectivity index (χ2n) is 9.69. The number of nitrogens with zero attached hydrogens (tertiary/aromatic N) is 6. The molecule has 0 spiro atoms. The first-order valence-electron chi connectivity index (χ1n) is 12.3. The van der Waals surface area contributed by atoms with E-state index >= 15 is 0 Å². The number of carbonyl (C=O) groups excluding carboxylic acids is 1. The standard InChI is InChI=1S/C29H26ClFN6O2/c1-16(2)36-24(21-15-33-29(35(3)4)34-27(21)39-5)13-20-26(36)25(18-8-6-17(14-32)7-9-18)37(28(20)38)19-10-11-23(31)22(30)12-19/h6-13,15-16,25H,1-5H3/t25-/m0/s1. The van der Waals surface area contributed by atoms with Crippen molar-refractivity contribution in [3.05, 3.63) is 88.0 Å². The smallest absolute Gasteiger partial charge is 0.261 e. The van der Waals surface area contributed by atoms with Crippen LogP contribution >= 0.6 is 11.6 Å². The third kappa shape index (κ3) is 4.37. The van der Waals surface area contributed by atoms with E-state index in [0.717, 1.165) is 17.0 Å². The third-order valence-corrected chi connectivity index (χ3v) is 7.00. The summed E-state index contributed by atoms with van der Waals surface area (Å²) in [4.78, 5) is 26.5. The Morgan fingerprint density at radius 1 is 1.13 bits per heavy atom. The van der Waals surface area contributed by atoms with Gasteiger partial charge in [-0.15, -0.1) is 0 Å². The average molecular weight is 545 g/mol. The molecule has 1 aliphatic rings. The fourth-order valence-electron chi connectivity index (χ4n) is 4.98. The van der Waals surface area contributed by atoms with Crippen molar-refractivity contribution in [2.45, 2.75) is 25.9 Å². The summed E-state index contributed by atoms with van der Waals surface area (Å²) in [7, 11) is 5.24. The van der Waals surface area contributed by atoms with Gasteiger partial charge in [-0.3, -0.25) is 9.69 Å². The molecule has 0 unspecified atom stereocenters. The summed E-state index contributed by atoms with van der Waals surface area (Å²) in [6.45, 7) is 4.06. The minimum Gasteiger partial charge on any atom is -0.480 e. The SMILES string of the molecule is COc1nc(N(C)C)ncc1-c1cc2c(n1C(C)C)[C@H](c1ccc(C#N)cc1)N(c1ccc(F)c(Cl)c1)C2=O. The second-order valence-corrected chi connectivity index (χ2v) is 10.1. The fraction of sp³-hybridized carbons (Fsp3) is 0.241. The predicted molar refractivity (Wildman–Crippen MR) is 148 cm³/mol. The number of fused-ring (bicyclic) bond motifs is 1. The normalized spacial score (nSPS) is 14.5. The van der Waals surface area contributed by atoms with Gasteiger partial charge in [-0.1, -0.05) is 23.7 Å². The fourth-order valence-corrected chi connectivity index (χ4v) is 5.15. The highest BCUT2D eigenvalue weighted by Crippen LogP contribution is 2.47. The average Bonchev–Trinajstić information content (AvgIpc) is 3.45. The van der Waals surface area contributed by atoms with Gasteiger partial charge in [0.2, 0.25) is 11.8 Å². The monoisotopic (exact) mass is 544 g/mol. The molecule has 0 N–H and O–H groups in total. The molecular weight excluding hydrogens is 519 g/mol. The molecule has 0 saturated heterocycles. The molecule has 2 aromatic heterocycles. The van der Waals surface area contributed by atoms with Crippen molar-refractivity contribution in [2.24, 2.45) is 0 Å². The molecule has 1 aliphatic heterocycles. The van der Waals surface area contributed by atoms with Crippen molar-refractivity contribution in [3.8, 4) is 23.2 Å². The van der Waals surface area contributed by atoms with Gasteiger partial charge in [0.05, 0.1) is 46.3 Å². The number of aromatic nitrogens is 3. The van der Waals surface area contributed by atoms with Gasteiger partial charge in [0.25, 0.3) is 5.91 Å². The molecule has 0 aliphatic carbocycles. The van der Waals surface area contributed by atoms with Crippen LogP contribution in [0.4, 0.5) is 16.0 Å². The summed E-state index contributed by atoms with van der Waals surface area (Å²) in [5.74, 6) is 0.0576. The molecule has 0 saturated carbocycles. The van der Waals surface area contributed by atoms with E-state index < -0.39 is 11.9 Å². The maximum atomic E-state index is 14.1. The van der Waals surface area contributed by atoms with Crippen LogP contribution in [0.5, 0.6) is 5.88 Å². The molecule has 1 atom stereocenters. The van der Waals surface area contributed by atoms with Gasteiger partial charge in [0, 0.05) is 32.0 Å². The molecule has 0 fully saturated rings. The van der Waals surface area contributed by atoms with Crippen LogP contribution < -0.4 is 14.5 Å². The first-order valence-corrected chi connectivity index (χ1v) is 12.7. The molecule has 0 radical (unpaired) electrons. The lowest BCUT2D eigenvalue weighted by Crippen LogP contribution is -2.30. The Balaban J connectivity index is 1.76. The quantitative estimate of drug-likeness (QED) is 0.295. The number of hydrogen-bond donors (Lipinski definition) is 0. The van der Waals surface area contributed by atoms with Crippen molar-refractivity contribution in [1.29, 1.82) is 5.26 Å². The molecule has 0 bridgehead atoms. The summed E-state index contributed by atoms with van der Waals surface area (Å²) in [5.41, 5.74) is 4.39. The van der Waals surface area contributed by atoms with Crippen LogP contribution in [0.2, 0.25) is 5.02 Å². The molecule has 39 heavy (non-hydrogen) atoms. The molecule has 8 nitrogen and oxygen atoms in total. The minimum atomic E-state index is -0.568. The second kappa shape index (κ2) is 10.0. The number of benzene rings is 2. The predicted octanol–water partition coefficient (Wildman–Crippen LogP) is 6.01. The molecule has 3 heterocycles. The van der Waals surface area contributed by atoms with E-state index in [4.69, 9.17) is 16.3 Å². The number of ether oxygens (including phenoxy) is 1. The van der Waals surface area contributed by atoms with Crippen molar-refractivity contribution >= 4 is 29.1 Å². The summed E-state index contributed by atoms with van der Waals surface area (Å²) >= 11 is 6.13. The maximum Gasteiger partial charge on any atom is 0.261 e. The zero-order valence-electron chi connectivity index (χ0n) is 22.1. The van der Waals surface area contributed by atoms with Crippen LogP contribution in [0.1, 0.15) is 53.1 Å². The van der Waals surface area contributed by atoms with E-state index in [9.17, 15) is 14.4 Å². The topological polar surface area (TPSA) is 87.3 Å². The molecule has 198 valence electrons. The molecular formula is C29H26ClFN6O2. The summed E-state index contributed by atoms with van der Waals surface area (Å²) < 4.78 is 21.8.